The van der Waals surface area contributed by atoms with Crippen LogP contribution in [-0.2, 0) is 4.79 Å². The van der Waals surface area contributed by atoms with E-state index in [-0.39, 0.29) is 19.1 Å². The largest absolute Gasteiger partial charge is 0.480 e. The summed E-state index contributed by atoms with van der Waals surface area (Å²) in [5.41, 5.74) is -0.921. The molecule has 2 N–H and O–H groups in total. The van der Waals surface area contributed by atoms with Gasteiger partial charge < -0.3 is 20.0 Å². The molecule has 1 rings (SSSR count). The standard InChI is InChI=1S/C12H23N3O4/c1-12(2,19)9-13(3)11(18)15-6-4-14(5-7-15)8-10(16)17/h19H,4-9H2,1-3H3,(H,16,17). The molecule has 0 atom stereocenters. The minimum absolute atomic E-state index is 0.0154. The van der Waals surface area contributed by atoms with E-state index in [1.807, 2.05) is 4.90 Å². The van der Waals surface area contributed by atoms with E-state index < -0.39 is 11.6 Å². The fourth-order valence-electron chi connectivity index (χ4n) is 2.18. The van der Waals surface area contributed by atoms with Crippen molar-refractivity contribution in [2.45, 2.75) is 19.4 Å². The second kappa shape index (κ2) is 6.21. The Balaban J connectivity index is 2.42. The quantitative estimate of drug-likeness (QED) is 0.722. The van der Waals surface area contributed by atoms with Crippen molar-refractivity contribution >= 4 is 12.0 Å². The average Bonchev–Trinajstić information content (AvgIpc) is 2.26. The highest BCUT2D eigenvalue weighted by Crippen LogP contribution is 2.08. The first-order valence-electron chi connectivity index (χ1n) is 6.35. The molecule has 2 amide bonds. The van der Waals surface area contributed by atoms with E-state index in [0.717, 1.165) is 0 Å². The molecule has 1 aliphatic rings. The van der Waals surface area contributed by atoms with Crippen molar-refractivity contribution < 1.29 is 19.8 Å². The molecule has 0 aliphatic carbocycles. The number of likely N-dealkylation sites (N-methyl/N-ethyl adjacent to an activating group) is 1. The predicted octanol–water partition coefficient (Wildman–Crippen LogP) is -0.489. The number of rotatable bonds is 4. The van der Waals surface area contributed by atoms with E-state index in [1.54, 1.807) is 25.8 Å². The fraction of sp³-hybridized carbons (Fsp3) is 0.833. The Hall–Kier alpha value is -1.34. The van der Waals surface area contributed by atoms with E-state index in [9.17, 15) is 14.7 Å². The summed E-state index contributed by atoms with van der Waals surface area (Å²) in [6, 6.07) is -0.128. The lowest BCUT2D eigenvalue weighted by molar-refractivity contribution is -0.138. The molecule has 7 heteroatoms. The van der Waals surface area contributed by atoms with Gasteiger partial charge in [-0.3, -0.25) is 9.69 Å². The Kier molecular flexibility index (Phi) is 5.13. The molecule has 0 aromatic carbocycles. The van der Waals surface area contributed by atoms with Gasteiger partial charge in [0.1, 0.15) is 0 Å². The summed E-state index contributed by atoms with van der Waals surface area (Å²) in [4.78, 5) is 27.7. The van der Waals surface area contributed by atoms with Crippen molar-refractivity contribution in [3.8, 4) is 0 Å². The van der Waals surface area contributed by atoms with E-state index in [0.29, 0.717) is 26.2 Å². The summed E-state index contributed by atoms with van der Waals surface area (Å²) in [6.45, 7) is 5.75. The molecule has 0 radical (unpaired) electrons. The second-order valence-corrected chi connectivity index (χ2v) is 5.61. The predicted molar refractivity (Wildman–Crippen MR) is 70.0 cm³/mol. The minimum atomic E-state index is -0.921. The number of hydrogen-bond donors (Lipinski definition) is 2. The molecule has 1 saturated heterocycles. The van der Waals surface area contributed by atoms with Crippen LogP contribution in [-0.4, -0.2) is 88.8 Å². The van der Waals surface area contributed by atoms with Crippen LogP contribution in [0, 0.1) is 0 Å². The number of aliphatic hydroxyl groups is 1. The van der Waals surface area contributed by atoms with Gasteiger partial charge in [0.25, 0.3) is 0 Å². The summed E-state index contributed by atoms with van der Waals surface area (Å²) in [5, 5.41) is 18.4. The van der Waals surface area contributed by atoms with Gasteiger partial charge >= 0.3 is 12.0 Å². The number of carboxylic acids is 1. The minimum Gasteiger partial charge on any atom is -0.480 e. The van der Waals surface area contributed by atoms with Gasteiger partial charge in [0.15, 0.2) is 0 Å². The number of urea groups is 1. The molecule has 0 saturated carbocycles. The summed E-state index contributed by atoms with van der Waals surface area (Å²) < 4.78 is 0. The number of aliphatic carboxylic acids is 1. The zero-order valence-electron chi connectivity index (χ0n) is 11.8. The maximum atomic E-state index is 12.1. The van der Waals surface area contributed by atoms with Crippen molar-refractivity contribution in [2.24, 2.45) is 0 Å². The first kappa shape index (κ1) is 15.7. The lowest BCUT2D eigenvalue weighted by Gasteiger charge is -2.37. The third-order valence-electron chi connectivity index (χ3n) is 2.95. The molecule has 1 fully saturated rings. The number of carboxylic acid groups (broad SMARTS) is 1. The van der Waals surface area contributed by atoms with Gasteiger partial charge in [0, 0.05) is 33.2 Å². The van der Waals surface area contributed by atoms with Gasteiger partial charge in [-0.15, -0.1) is 0 Å². The number of carbonyl (C=O) groups excluding carboxylic acids is 1. The first-order valence-corrected chi connectivity index (χ1v) is 6.35. The maximum absolute atomic E-state index is 12.1. The molecule has 0 bridgehead atoms. The van der Waals surface area contributed by atoms with Crippen LogP contribution in [0.2, 0.25) is 0 Å². The molecule has 7 nitrogen and oxygen atoms in total. The average molecular weight is 273 g/mol. The van der Waals surface area contributed by atoms with Crippen molar-refractivity contribution in [1.82, 2.24) is 14.7 Å². The Bertz CT molecular complexity index is 332. The summed E-state index contributed by atoms with van der Waals surface area (Å²) in [5.74, 6) is -0.848. The normalized spacial score (nSPS) is 17.4. The van der Waals surface area contributed by atoms with Crippen LogP contribution in [0.5, 0.6) is 0 Å². The Morgan fingerprint density at radius 3 is 2.16 bits per heavy atom. The van der Waals surface area contributed by atoms with Gasteiger partial charge in [-0.05, 0) is 13.8 Å². The van der Waals surface area contributed by atoms with Crippen molar-refractivity contribution in [3.63, 3.8) is 0 Å². The summed E-state index contributed by atoms with van der Waals surface area (Å²) in [6.07, 6.45) is 0. The maximum Gasteiger partial charge on any atom is 0.319 e. The molecule has 0 unspecified atom stereocenters. The Labute approximate surface area is 113 Å². The molecule has 1 heterocycles. The molecule has 0 spiro atoms. The van der Waals surface area contributed by atoms with Gasteiger partial charge in [-0.1, -0.05) is 0 Å². The molecular formula is C12H23N3O4. The van der Waals surface area contributed by atoms with E-state index in [2.05, 4.69) is 0 Å². The Morgan fingerprint density at radius 1 is 1.21 bits per heavy atom. The van der Waals surface area contributed by atoms with Crippen molar-refractivity contribution in [2.75, 3.05) is 46.3 Å². The van der Waals surface area contributed by atoms with E-state index in [1.165, 1.54) is 4.90 Å². The fourth-order valence-corrected chi connectivity index (χ4v) is 2.18. The third kappa shape index (κ3) is 5.44. The van der Waals surface area contributed by atoms with Crippen LogP contribution < -0.4 is 0 Å². The third-order valence-corrected chi connectivity index (χ3v) is 2.95. The second-order valence-electron chi connectivity index (χ2n) is 5.61. The molecule has 19 heavy (non-hydrogen) atoms. The zero-order chi connectivity index (χ0) is 14.6. The highest BCUT2D eigenvalue weighted by atomic mass is 16.4. The number of amides is 2. The molecule has 0 aromatic rings. The lowest BCUT2D eigenvalue weighted by Crippen LogP contribution is -2.54. The topological polar surface area (TPSA) is 84.3 Å². The molecule has 1 aliphatic heterocycles. The van der Waals surface area contributed by atoms with Crippen LogP contribution >= 0.6 is 0 Å². The van der Waals surface area contributed by atoms with Crippen LogP contribution in [0.25, 0.3) is 0 Å². The van der Waals surface area contributed by atoms with E-state index >= 15 is 0 Å². The van der Waals surface area contributed by atoms with Gasteiger partial charge in [0.05, 0.1) is 18.7 Å². The number of carbonyl (C=O) groups is 2. The smallest absolute Gasteiger partial charge is 0.319 e. The van der Waals surface area contributed by atoms with Crippen molar-refractivity contribution in [1.29, 1.82) is 0 Å². The summed E-state index contributed by atoms with van der Waals surface area (Å²) in [7, 11) is 1.66. The molecular weight excluding hydrogens is 250 g/mol. The van der Waals surface area contributed by atoms with Crippen molar-refractivity contribution in [3.05, 3.63) is 0 Å². The number of piperazine rings is 1. The number of nitrogens with zero attached hydrogens (tertiary/aromatic N) is 3. The van der Waals surface area contributed by atoms with Crippen LogP contribution in [0.15, 0.2) is 0 Å². The van der Waals surface area contributed by atoms with E-state index in [4.69, 9.17) is 5.11 Å². The van der Waals surface area contributed by atoms with Crippen LogP contribution in [0.4, 0.5) is 4.79 Å². The van der Waals surface area contributed by atoms with Gasteiger partial charge in [0.2, 0.25) is 0 Å². The molecule has 0 aromatic heterocycles. The monoisotopic (exact) mass is 273 g/mol. The number of hydrogen-bond acceptors (Lipinski definition) is 4. The highest BCUT2D eigenvalue weighted by Gasteiger charge is 2.26. The Morgan fingerprint density at radius 2 is 1.74 bits per heavy atom. The first-order chi connectivity index (χ1) is 8.69. The zero-order valence-corrected chi connectivity index (χ0v) is 11.8. The lowest BCUT2D eigenvalue weighted by atomic mass is 10.1. The van der Waals surface area contributed by atoms with Crippen LogP contribution in [0.3, 0.4) is 0 Å². The molecule has 110 valence electrons. The van der Waals surface area contributed by atoms with Crippen LogP contribution in [0.1, 0.15) is 13.8 Å². The van der Waals surface area contributed by atoms with Gasteiger partial charge in [-0.2, -0.15) is 0 Å². The highest BCUT2D eigenvalue weighted by molar-refractivity contribution is 5.74. The van der Waals surface area contributed by atoms with Gasteiger partial charge in [-0.25, -0.2) is 4.79 Å². The summed E-state index contributed by atoms with van der Waals surface area (Å²) >= 11 is 0. The SMILES string of the molecule is CN(CC(C)(C)O)C(=O)N1CCN(CC(=O)O)CC1.